The molecular formula is C9H18O3Si3. The maximum atomic E-state index is 5.96. The quantitative estimate of drug-likeness (QED) is 0.728. The predicted molar refractivity (Wildman–Crippen MR) is 68.7 cm³/mol. The van der Waals surface area contributed by atoms with Gasteiger partial charge in [0.2, 0.25) is 0 Å². The molecule has 0 aromatic carbocycles. The van der Waals surface area contributed by atoms with Gasteiger partial charge in [-0.2, -0.15) is 0 Å². The van der Waals surface area contributed by atoms with Crippen molar-refractivity contribution in [3.05, 3.63) is 36.8 Å². The lowest BCUT2D eigenvalue weighted by Gasteiger charge is -2.46. The van der Waals surface area contributed by atoms with Gasteiger partial charge in [-0.25, -0.2) is 0 Å². The maximum Gasteiger partial charge on any atom is 0.373 e. The first-order chi connectivity index (χ1) is 6.80. The average Bonchev–Trinajstić information content (AvgIpc) is 2.15. The van der Waals surface area contributed by atoms with E-state index in [4.69, 9.17) is 12.3 Å². The summed E-state index contributed by atoms with van der Waals surface area (Å²) >= 11 is 0. The molecule has 1 fully saturated rings. The molecule has 1 rings (SSSR count). The Bertz CT molecular complexity index is 295. The van der Waals surface area contributed by atoms with Crippen molar-refractivity contribution in [3.63, 3.8) is 0 Å². The molecule has 1 aliphatic rings. The summed E-state index contributed by atoms with van der Waals surface area (Å²) in [5, 5.41) is 0. The van der Waals surface area contributed by atoms with Gasteiger partial charge in [-0.05, 0) is 31.0 Å². The molecule has 0 aliphatic carbocycles. The van der Waals surface area contributed by atoms with Gasteiger partial charge in [-0.3, -0.25) is 0 Å². The number of hydrogen-bond donors (Lipinski definition) is 0. The summed E-state index contributed by atoms with van der Waals surface area (Å²) in [6.45, 7) is 17.4. The SMILES string of the molecule is C=C[Si]1(C)O[Si](C)(C)O[Si](C=C)(C=C)O1. The van der Waals surface area contributed by atoms with Crippen molar-refractivity contribution in [2.24, 2.45) is 0 Å². The zero-order valence-electron chi connectivity index (χ0n) is 9.58. The highest BCUT2D eigenvalue weighted by Gasteiger charge is 2.53. The minimum Gasteiger partial charge on any atom is -0.413 e. The second-order valence-corrected chi connectivity index (χ2v) is 14.0. The van der Waals surface area contributed by atoms with Gasteiger partial charge in [0.15, 0.2) is 0 Å². The van der Waals surface area contributed by atoms with Crippen molar-refractivity contribution in [1.82, 2.24) is 0 Å². The molecule has 0 saturated carbocycles. The van der Waals surface area contributed by atoms with Crippen LogP contribution in [0.3, 0.4) is 0 Å². The van der Waals surface area contributed by atoms with E-state index in [1.165, 1.54) is 0 Å². The Morgan fingerprint density at radius 1 is 0.800 bits per heavy atom. The van der Waals surface area contributed by atoms with Crippen molar-refractivity contribution < 1.29 is 12.3 Å². The van der Waals surface area contributed by atoms with Gasteiger partial charge in [0.1, 0.15) is 0 Å². The summed E-state index contributed by atoms with van der Waals surface area (Å²) in [6.07, 6.45) is 0. The number of hydrogen-bond acceptors (Lipinski definition) is 3. The van der Waals surface area contributed by atoms with Crippen LogP contribution >= 0.6 is 0 Å². The summed E-state index contributed by atoms with van der Waals surface area (Å²) in [5.41, 5.74) is 5.30. The Kier molecular flexibility index (Phi) is 3.39. The Labute approximate surface area is 94.8 Å². The molecule has 3 nitrogen and oxygen atoms in total. The van der Waals surface area contributed by atoms with E-state index in [-0.39, 0.29) is 0 Å². The monoisotopic (exact) mass is 258 g/mol. The normalized spacial score (nSPS) is 33.0. The fourth-order valence-corrected chi connectivity index (χ4v) is 14.9. The third-order valence-electron chi connectivity index (χ3n) is 2.16. The minimum absolute atomic E-state index is 1.76. The first-order valence-electron chi connectivity index (χ1n) is 4.82. The van der Waals surface area contributed by atoms with E-state index in [1.54, 1.807) is 17.1 Å². The van der Waals surface area contributed by atoms with Crippen molar-refractivity contribution >= 4 is 25.7 Å². The van der Waals surface area contributed by atoms with Crippen LogP contribution in [0.1, 0.15) is 0 Å². The molecule has 1 aliphatic heterocycles. The Balaban J connectivity index is 3.10. The van der Waals surface area contributed by atoms with Gasteiger partial charge in [0.05, 0.1) is 0 Å². The first kappa shape index (κ1) is 12.8. The summed E-state index contributed by atoms with van der Waals surface area (Å²) in [7, 11) is -6.91. The van der Waals surface area contributed by atoms with Crippen molar-refractivity contribution in [2.45, 2.75) is 19.6 Å². The van der Waals surface area contributed by atoms with E-state index >= 15 is 0 Å². The Morgan fingerprint density at radius 3 is 1.73 bits per heavy atom. The van der Waals surface area contributed by atoms with Crippen LogP contribution in [0, 0.1) is 0 Å². The van der Waals surface area contributed by atoms with Gasteiger partial charge >= 0.3 is 25.7 Å². The van der Waals surface area contributed by atoms with Crippen LogP contribution in [0.2, 0.25) is 19.6 Å². The van der Waals surface area contributed by atoms with Crippen molar-refractivity contribution in [3.8, 4) is 0 Å². The van der Waals surface area contributed by atoms with E-state index < -0.39 is 25.7 Å². The Morgan fingerprint density at radius 2 is 1.33 bits per heavy atom. The molecule has 6 heteroatoms. The lowest BCUT2D eigenvalue weighted by atomic mass is 11.2. The molecule has 1 saturated heterocycles. The van der Waals surface area contributed by atoms with Gasteiger partial charge in [-0.1, -0.05) is 5.70 Å². The molecular weight excluding hydrogens is 240 g/mol. The summed E-state index contributed by atoms with van der Waals surface area (Å²) in [5.74, 6) is 0. The average molecular weight is 258 g/mol. The summed E-state index contributed by atoms with van der Waals surface area (Å²) < 4.78 is 17.8. The van der Waals surface area contributed by atoms with E-state index in [9.17, 15) is 0 Å². The zero-order valence-corrected chi connectivity index (χ0v) is 12.6. The maximum absolute atomic E-state index is 5.96. The second-order valence-electron chi connectivity index (χ2n) is 4.06. The van der Waals surface area contributed by atoms with Crippen molar-refractivity contribution in [1.29, 1.82) is 0 Å². The first-order valence-corrected chi connectivity index (χ1v) is 12.0. The molecule has 1 heterocycles. The predicted octanol–water partition coefficient (Wildman–Crippen LogP) is 2.44. The molecule has 0 aromatic heterocycles. The molecule has 15 heavy (non-hydrogen) atoms. The smallest absolute Gasteiger partial charge is 0.373 e. The minimum atomic E-state index is -2.47. The van der Waals surface area contributed by atoms with Gasteiger partial charge in [0, 0.05) is 0 Å². The highest BCUT2D eigenvalue weighted by molar-refractivity contribution is 6.98. The molecule has 0 spiro atoms. The fourth-order valence-electron chi connectivity index (χ4n) is 1.58. The van der Waals surface area contributed by atoms with Gasteiger partial charge in [0.25, 0.3) is 0 Å². The third-order valence-corrected chi connectivity index (χ3v) is 13.8. The van der Waals surface area contributed by atoms with Gasteiger partial charge < -0.3 is 12.3 Å². The summed E-state index contributed by atoms with van der Waals surface area (Å²) in [6, 6.07) is 0. The highest BCUT2D eigenvalue weighted by Crippen LogP contribution is 2.31. The number of rotatable bonds is 3. The van der Waals surface area contributed by atoms with Crippen LogP contribution in [0.5, 0.6) is 0 Å². The van der Waals surface area contributed by atoms with E-state index in [0.717, 1.165) is 0 Å². The lowest BCUT2D eigenvalue weighted by molar-refractivity contribution is 0.250. The standard InChI is InChI=1S/C9H18O3Si3/c1-7-14(6)10-13(4,5)11-15(8-2,9-3)12-14/h7-9H,1-3H2,4-6H3. The van der Waals surface area contributed by atoms with E-state index in [0.29, 0.717) is 0 Å². The van der Waals surface area contributed by atoms with E-state index in [2.05, 4.69) is 19.7 Å². The molecule has 84 valence electrons. The topological polar surface area (TPSA) is 27.7 Å². The molecule has 0 N–H and O–H groups in total. The molecule has 0 aromatic rings. The third kappa shape index (κ3) is 2.65. The molecule has 0 amide bonds. The zero-order chi connectivity index (χ0) is 11.7. The van der Waals surface area contributed by atoms with Gasteiger partial charge in [-0.15, -0.1) is 19.7 Å². The van der Waals surface area contributed by atoms with Crippen LogP contribution in [0.25, 0.3) is 0 Å². The highest BCUT2D eigenvalue weighted by atomic mass is 28.5. The van der Waals surface area contributed by atoms with Crippen LogP contribution in [-0.4, -0.2) is 25.7 Å². The van der Waals surface area contributed by atoms with Crippen LogP contribution < -0.4 is 0 Å². The largest absolute Gasteiger partial charge is 0.413 e. The Hall–Kier alpha value is -0.249. The molecule has 1 unspecified atom stereocenters. The lowest BCUT2D eigenvalue weighted by Crippen LogP contribution is -2.65. The molecule has 1 atom stereocenters. The van der Waals surface area contributed by atoms with Crippen molar-refractivity contribution in [2.75, 3.05) is 0 Å². The van der Waals surface area contributed by atoms with Crippen LogP contribution in [0.15, 0.2) is 36.8 Å². The second kappa shape index (κ2) is 3.96. The fraction of sp³-hybridized carbons (Fsp3) is 0.333. The molecule has 0 radical (unpaired) electrons. The summed E-state index contributed by atoms with van der Waals surface area (Å²) in [4.78, 5) is 0. The molecule has 0 bridgehead atoms. The van der Waals surface area contributed by atoms with E-state index in [1.807, 2.05) is 19.6 Å². The van der Waals surface area contributed by atoms with Crippen LogP contribution in [-0.2, 0) is 12.3 Å². The van der Waals surface area contributed by atoms with Crippen LogP contribution in [0.4, 0.5) is 0 Å².